The normalized spacial score (nSPS) is 18.9. The third-order valence-electron chi connectivity index (χ3n) is 2.36. The quantitative estimate of drug-likeness (QED) is 0.729. The highest BCUT2D eigenvalue weighted by Crippen LogP contribution is 2.28. The van der Waals surface area contributed by atoms with Crippen LogP contribution in [0.2, 0.25) is 0 Å². The largest absolute Gasteiger partial charge is 0.444 e. The van der Waals surface area contributed by atoms with Crippen LogP contribution in [0.4, 0.5) is 9.18 Å². The third-order valence-corrected chi connectivity index (χ3v) is 2.36. The number of ketones is 1. The molecule has 0 aromatic rings. The fourth-order valence-electron chi connectivity index (χ4n) is 1.51. The maximum atomic E-state index is 13.7. The van der Waals surface area contributed by atoms with E-state index in [1.807, 2.05) is 0 Å². The second-order valence-corrected chi connectivity index (χ2v) is 5.08. The lowest BCUT2D eigenvalue weighted by molar-refractivity contribution is -0.141. The van der Waals surface area contributed by atoms with E-state index in [4.69, 9.17) is 4.74 Å². The van der Waals surface area contributed by atoms with Gasteiger partial charge in [-0.3, -0.25) is 4.79 Å². The highest BCUT2D eigenvalue weighted by Gasteiger charge is 2.51. The zero-order valence-corrected chi connectivity index (χ0v) is 10.2. The number of carbonyl (C=O) groups is 2. The predicted octanol–water partition coefficient (Wildman–Crippen LogP) is 1.92. The van der Waals surface area contributed by atoms with Crippen LogP contribution in [0.15, 0.2) is 0 Å². The maximum absolute atomic E-state index is 13.7. The lowest BCUT2D eigenvalue weighted by Gasteiger charge is -2.43. The summed E-state index contributed by atoms with van der Waals surface area (Å²) in [6, 6.07) is 0. The van der Waals surface area contributed by atoms with E-state index in [-0.39, 0.29) is 19.5 Å². The Kier molecular flexibility index (Phi) is 3.26. The molecule has 1 fully saturated rings. The molecule has 0 spiro atoms. The Morgan fingerprint density at radius 2 is 1.88 bits per heavy atom. The lowest BCUT2D eigenvalue weighted by atomic mass is 9.90. The molecule has 0 aromatic heterocycles. The number of nitrogens with zero attached hydrogens (tertiary/aromatic N) is 1. The first kappa shape index (κ1) is 12.9. The van der Waals surface area contributed by atoms with Gasteiger partial charge in [-0.25, -0.2) is 9.18 Å². The molecule has 92 valence electrons. The Morgan fingerprint density at radius 3 is 2.25 bits per heavy atom. The second-order valence-electron chi connectivity index (χ2n) is 5.08. The summed E-state index contributed by atoms with van der Waals surface area (Å²) in [5.41, 5.74) is -2.45. The number of hydrogen-bond acceptors (Lipinski definition) is 3. The molecule has 0 bridgehead atoms. The van der Waals surface area contributed by atoms with Crippen molar-refractivity contribution >= 4 is 11.9 Å². The molecule has 1 rings (SSSR count). The van der Waals surface area contributed by atoms with Crippen LogP contribution in [0.1, 0.15) is 34.1 Å². The van der Waals surface area contributed by atoms with Crippen molar-refractivity contribution in [1.82, 2.24) is 4.90 Å². The van der Waals surface area contributed by atoms with Gasteiger partial charge in [-0.1, -0.05) is 6.92 Å². The molecule has 0 atom stereocenters. The molecular formula is C11H18FNO3. The molecular weight excluding hydrogens is 213 g/mol. The van der Waals surface area contributed by atoms with Gasteiger partial charge in [0.25, 0.3) is 0 Å². The summed E-state index contributed by atoms with van der Waals surface area (Å²) in [6.07, 6.45) is -0.414. The van der Waals surface area contributed by atoms with Gasteiger partial charge in [0.05, 0.1) is 13.1 Å². The average molecular weight is 231 g/mol. The Labute approximate surface area is 94.7 Å². The minimum Gasteiger partial charge on any atom is -0.444 e. The summed E-state index contributed by atoms with van der Waals surface area (Å²) in [7, 11) is 0. The summed E-state index contributed by atoms with van der Waals surface area (Å²) in [6.45, 7) is 6.46. The third kappa shape index (κ3) is 2.71. The minimum atomic E-state index is -1.86. The Balaban J connectivity index is 2.47. The fourth-order valence-corrected chi connectivity index (χ4v) is 1.51. The van der Waals surface area contributed by atoms with Crippen LogP contribution < -0.4 is 0 Å². The number of ether oxygens (including phenoxy) is 1. The molecule has 1 amide bonds. The van der Waals surface area contributed by atoms with Gasteiger partial charge >= 0.3 is 6.09 Å². The van der Waals surface area contributed by atoms with Crippen LogP contribution in [0.25, 0.3) is 0 Å². The minimum absolute atomic E-state index is 0.151. The highest BCUT2D eigenvalue weighted by molar-refractivity contribution is 5.90. The van der Waals surface area contributed by atoms with Crippen LogP contribution in [-0.2, 0) is 9.53 Å². The molecule has 0 radical (unpaired) electrons. The lowest BCUT2D eigenvalue weighted by Crippen LogP contribution is -2.65. The van der Waals surface area contributed by atoms with Gasteiger partial charge in [-0.15, -0.1) is 0 Å². The Morgan fingerprint density at radius 1 is 1.38 bits per heavy atom. The van der Waals surface area contributed by atoms with Crippen LogP contribution >= 0.6 is 0 Å². The van der Waals surface area contributed by atoms with E-state index in [2.05, 4.69) is 0 Å². The fraction of sp³-hybridized carbons (Fsp3) is 0.818. The summed E-state index contributed by atoms with van der Waals surface area (Å²) in [5, 5.41) is 0. The highest BCUT2D eigenvalue weighted by atomic mass is 19.1. The van der Waals surface area contributed by atoms with Crippen molar-refractivity contribution in [3.63, 3.8) is 0 Å². The maximum Gasteiger partial charge on any atom is 0.410 e. The average Bonchev–Trinajstić information content (AvgIpc) is 2.08. The van der Waals surface area contributed by atoms with E-state index in [1.165, 1.54) is 4.90 Å². The number of Topliss-reactive ketones (excluding diaryl/α,β-unsaturated/α-hetero) is 1. The molecule has 5 heteroatoms. The molecule has 16 heavy (non-hydrogen) atoms. The van der Waals surface area contributed by atoms with Crippen molar-refractivity contribution < 1.29 is 18.7 Å². The Hall–Kier alpha value is -1.13. The van der Waals surface area contributed by atoms with Crippen molar-refractivity contribution in [2.45, 2.75) is 45.4 Å². The van der Waals surface area contributed by atoms with Gasteiger partial charge in [0.15, 0.2) is 5.78 Å². The number of alkyl halides is 1. The number of rotatable bonds is 2. The molecule has 1 heterocycles. The molecule has 0 aliphatic carbocycles. The smallest absolute Gasteiger partial charge is 0.410 e. The SMILES string of the molecule is CCC(=O)C1(F)CN(C(=O)OC(C)(C)C)C1. The van der Waals surface area contributed by atoms with Crippen molar-refractivity contribution in [2.75, 3.05) is 13.1 Å². The van der Waals surface area contributed by atoms with Crippen molar-refractivity contribution in [3.8, 4) is 0 Å². The Bertz CT molecular complexity index is 303. The van der Waals surface area contributed by atoms with Gasteiger partial charge in [0, 0.05) is 6.42 Å². The van der Waals surface area contributed by atoms with Gasteiger partial charge in [-0.05, 0) is 20.8 Å². The molecule has 0 unspecified atom stereocenters. The first-order valence-corrected chi connectivity index (χ1v) is 5.38. The summed E-state index contributed by atoms with van der Waals surface area (Å²) in [5.74, 6) is -0.452. The summed E-state index contributed by atoms with van der Waals surface area (Å²) < 4.78 is 18.8. The molecule has 1 aliphatic rings. The number of amides is 1. The van der Waals surface area contributed by atoms with E-state index < -0.39 is 23.1 Å². The van der Waals surface area contributed by atoms with E-state index in [0.29, 0.717) is 0 Å². The first-order valence-electron chi connectivity index (χ1n) is 5.38. The predicted molar refractivity (Wildman–Crippen MR) is 56.9 cm³/mol. The number of carbonyl (C=O) groups excluding carboxylic acids is 2. The van der Waals surface area contributed by atoms with Gasteiger partial charge in [0.2, 0.25) is 5.67 Å². The molecule has 1 saturated heterocycles. The van der Waals surface area contributed by atoms with Crippen LogP contribution in [0, 0.1) is 0 Å². The second kappa shape index (κ2) is 4.03. The molecule has 4 nitrogen and oxygen atoms in total. The number of halogens is 1. The van der Waals surface area contributed by atoms with E-state index in [0.717, 1.165) is 0 Å². The van der Waals surface area contributed by atoms with Gasteiger partial charge < -0.3 is 9.64 Å². The molecule has 1 aliphatic heterocycles. The zero-order valence-electron chi connectivity index (χ0n) is 10.2. The summed E-state index contributed by atoms with van der Waals surface area (Å²) >= 11 is 0. The van der Waals surface area contributed by atoms with Crippen molar-refractivity contribution in [2.24, 2.45) is 0 Å². The van der Waals surface area contributed by atoms with Crippen LogP contribution in [-0.4, -0.2) is 41.1 Å². The number of hydrogen-bond donors (Lipinski definition) is 0. The topological polar surface area (TPSA) is 46.6 Å². The van der Waals surface area contributed by atoms with Crippen molar-refractivity contribution in [3.05, 3.63) is 0 Å². The van der Waals surface area contributed by atoms with E-state index >= 15 is 0 Å². The van der Waals surface area contributed by atoms with E-state index in [1.54, 1.807) is 27.7 Å². The van der Waals surface area contributed by atoms with Crippen LogP contribution in [0.3, 0.4) is 0 Å². The van der Waals surface area contributed by atoms with Crippen LogP contribution in [0.5, 0.6) is 0 Å². The zero-order chi connectivity index (χ0) is 12.6. The van der Waals surface area contributed by atoms with Gasteiger partial charge in [-0.2, -0.15) is 0 Å². The number of likely N-dealkylation sites (tertiary alicyclic amines) is 1. The molecule has 0 saturated carbocycles. The summed E-state index contributed by atoms with van der Waals surface area (Å²) in [4.78, 5) is 23.9. The monoisotopic (exact) mass is 231 g/mol. The molecule has 0 N–H and O–H groups in total. The van der Waals surface area contributed by atoms with Crippen molar-refractivity contribution in [1.29, 1.82) is 0 Å². The van der Waals surface area contributed by atoms with E-state index in [9.17, 15) is 14.0 Å². The first-order chi connectivity index (χ1) is 7.18. The van der Waals surface area contributed by atoms with Gasteiger partial charge in [0.1, 0.15) is 5.60 Å². The standard InChI is InChI=1S/C11H18FNO3/c1-5-8(14)11(12)6-13(7-11)9(15)16-10(2,3)4/h5-7H2,1-4H3. The molecule has 0 aromatic carbocycles.